The molecule has 3 heteroatoms. The number of hydrogen-bond acceptors (Lipinski definition) is 2. The summed E-state index contributed by atoms with van der Waals surface area (Å²) in [6.45, 7) is 4.69. The van der Waals surface area contributed by atoms with Crippen LogP contribution in [0, 0.1) is 0 Å². The van der Waals surface area contributed by atoms with Crippen molar-refractivity contribution in [1.29, 1.82) is 0 Å². The Morgan fingerprint density at radius 3 is 2.56 bits per heavy atom. The van der Waals surface area contributed by atoms with Gasteiger partial charge in [-0.15, -0.1) is 11.6 Å². The largest absolute Gasteiger partial charge is 0.493 e. The van der Waals surface area contributed by atoms with Crippen molar-refractivity contribution in [3.05, 3.63) is 23.8 Å². The van der Waals surface area contributed by atoms with E-state index in [0.717, 1.165) is 24.3 Å². The highest BCUT2D eigenvalue weighted by molar-refractivity contribution is 6.20. The fraction of sp³-hybridized carbons (Fsp3) is 0.538. The van der Waals surface area contributed by atoms with Crippen LogP contribution in [0.5, 0.6) is 11.5 Å². The third-order valence-corrected chi connectivity index (χ3v) is 2.89. The Morgan fingerprint density at radius 2 is 2.00 bits per heavy atom. The Bertz CT molecular complexity index is 326. The van der Waals surface area contributed by atoms with Gasteiger partial charge in [-0.2, -0.15) is 0 Å². The first-order chi connectivity index (χ1) is 7.71. The maximum Gasteiger partial charge on any atom is 0.161 e. The minimum atomic E-state index is 0.183. The highest BCUT2D eigenvalue weighted by atomic mass is 35.5. The summed E-state index contributed by atoms with van der Waals surface area (Å²) < 4.78 is 10.7. The molecule has 0 amide bonds. The average Bonchev–Trinajstić information content (AvgIpc) is 2.30. The van der Waals surface area contributed by atoms with Gasteiger partial charge in [0.2, 0.25) is 0 Å². The Balaban J connectivity index is 2.84. The van der Waals surface area contributed by atoms with Gasteiger partial charge in [-0.3, -0.25) is 0 Å². The summed E-state index contributed by atoms with van der Waals surface area (Å²) in [5, 5.41) is 0.183. The molecule has 0 aromatic heterocycles. The number of hydrogen-bond donors (Lipinski definition) is 0. The molecule has 0 radical (unpaired) electrons. The first kappa shape index (κ1) is 13.2. The van der Waals surface area contributed by atoms with E-state index in [1.165, 1.54) is 5.56 Å². The lowest BCUT2D eigenvalue weighted by Crippen LogP contribution is -2.02. The van der Waals surface area contributed by atoms with E-state index in [1.54, 1.807) is 7.11 Å². The van der Waals surface area contributed by atoms with Gasteiger partial charge in [0.25, 0.3) is 0 Å². The topological polar surface area (TPSA) is 18.5 Å². The molecule has 90 valence electrons. The van der Waals surface area contributed by atoms with Crippen LogP contribution in [0.25, 0.3) is 0 Å². The lowest BCUT2D eigenvalue weighted by Gasteiger charge is -2.12. The van der Waals surface area contributed by atoms with Crippen LogP contribution in [-0.2, 0) is 6.42 Å². The summed E-state index contributed by atoms with van der Waals surface area (Å²) in [6, 6.07) is 5.97. The van der Waals surface area contributed by atoms with Crippen molar-refractivity contribution >= 4 is 11.6 Å². The predicted molar refractivity (Wildman–Crippen MR) is 67.8 cm³/mol. The summed E-state index contributed by atoms with van der Waals surface area (Å²) in [7, 11) is 1.65. The highest BCUT2D eigenvalue weighted by Gasteiger charge is 2.08. The van der Waals surface area contributed by atoms with Gasteiger partial charge in [0.1, 0.15) is 0 Å². The monoisotopic (exact) mass is 242 g/mol. The zero-order chi connectivity index (χ0) is 12.0. The van der Waals surface area contributed by atoms with Crippen molar-refractivity contribution < 1.29 is 9.47 Å². The average molecular weight is 243 g/mol. The van der Waals surface area contributed by atoms with Crippen molar-refractivity contribution in [2.75, 3.05) is 13.7 Å². The molecule has 0 heterocycles. The molecule has 0 N–H and O–H groups in total. The lowest BCUT2D eigenvalue weighted by molar-refractivity contribution is 0.310. The van der Waals surface area contributed by atoms with Gasteiger partial charge >= 0.3 is 0 Å². The van der Waals surface area contributed by atoms with E-state index in [9.17, 15) is 0 Å². The first-order valence-electron chi connectivity index (χ1n) is 5.65. The molecule has 1 aromatic rings. The van der Waals surface area contributed by atoms with Gasteiger partial charge in [-0.25, -0.2) is 0 Å². The SMILES string of the molecule is CCOc1cc(CC(Cl)CC)ccc1OC. The van der Waals surface area contributed by atoms with Crippen LogP contribution >= 0.6 is 11.6 Å². The van der Waals surface area contributed by atoms with Gasteiger partial charge in [0.05, 0.1) is 13.7 Å². The molecule has 0 spiro atoms. The summed E-state index contributed by atoms with van der Waals surface area (Å²) in [5.74, 6) is 1.57. The quantitative estimate of drug-likeness (QED) is 0.709. The molecule has 2 nitrogen and oxygen atoms in total. The number of rotatable bonds is 6. The molecular formula is C13H19ClO2. The van der Waals surface area contributed by atoms with E-state index in [1.807, 2.05) is 25.1 Å². The van der Waals surface area contributed by atoms with Gasteiger partial charge in [0, 0.05) is 5.38 Å². The second kappa shape index (κ2) is 6.64. The molecule has 0 saturated carbocycles. The molecule has 0 fully saturated rings. The fourth-order valence-electron chi connectivity index (χ4n) is 1.52. The van der Waals surface area contributed by atoms with Gasteiger partial charge in [-0.1, -0.05) is 13.0 Å². The van der Waals surface area contributed by atoms with Crippen LogP contribution in [0.3, 0.4) is 0 Å². The van der Waals surface area contributed by atoms with E-state index >= 15 is 0 Å². The molecular weight excluding hydrogens is 224 g/mol. The third kappa shape index (κ3) is 3.60. The Morgan fingerprint density at radius 1 is 1.25 bits per heavy atom. The molecule has 1 unspecified atom stereocenters. The molecule has 0 aliphatic carbocycles. The molecule has 1 atom stereocenters. The molecule has 0 aliphatic rings. The molecule has 16 heavy (non-hydrogen) atoms. The molecule has 0 saturated heterocycles. The number of benzene rings is 1. The standard InChI is InChI=1S/C13H19ClO2/c1-4-11(14)8-10-6-7-12(15-3)13(9-10)16-5-2/h6-7,9,11H,4-5,8H2,1-3H3. The zero-order valence-corrected chi connectivity index (χ0v) is 10.9. The number of ether oxygens (including phenoxy) is 2. The van der Waals surface area contributed by atoms with Crippen molar-refractivity contribution in [3.8, 4) is 11.5 Å². The third-order valence-electron chi connectivity index (χ3n) is 2.43. The maximum absolute atomic E-state index is 6.13. The van der Waals surface area contributed by atoms with E-state index in [-0.39, 0.29) is 5.38 Å². The van der Waals surface area contributed by atoms with E-state index in [4.69, 9.17) is 21.1 Å². The van der Waals surface area contributed by atoms with E-state index in [2.05, 4.69) is 6.92 Å². The second-order valence-electron chi connectivity index (χ2n) is 3.63. The smallest absolute Gasteiger partial charge is 0.161 e. The van der Waals surface area contributed by atoms with Crippen LogP contribution in [0.2, 0.25) is 0 Å². The Labute approximate surface area is 103 Å². The van der Waals surface area contributed by atoms with Gasteiger partial charge in [0.15, 0.2) is 11.5 Å². The molecule has 0 bridgehead atoms. The summed E-state index contributed by atoms with van der Waals surface area (Å²) in [5.41, 5.74) is 1.19. The summed E-state index contributed by atoms with van der Waals surface area (Å²) in [4.78, 5) is 0. The molecule has 0 aliphatic heterocycles. The Kier molecular flexibility index (Phi) is 5.47. The first-order valence-corrected chi connectivity index (χ1v) is 6.08. The van der Waals surface area contributed by atoms with Gasteiger partial charge < -0.3 is 9.47 Å². The van der Waals surface area contributed by atoms with Crippen molar-refractivity contribution in [1.82, 2.24) is 0 Å². The predicted octanol–water partition coefficient (Wildman–Crippen LogP) is 3.65. The van der Waals surface area contributed by atoms with Gasteiger partial charge in [-0.05, 0) is 37.5 Å². The number of alkyl halides is 1. The summed E-state index contributed by atoms with van der Waals surface area (Å²) >= 11 is 6.13. The minimum absolute atomic E-state index is 0.183. The van der Waals surface area contributed by atoms with Crippen molar-refractivity contribution in [3.63, 3.8) is 0 Å². The van der Waals surface area contributed by atoms with Crippen LogP contribution in [0.4, 0.5) is 0 Å². The minimum Gasteiger partial charge on any atom is -0.493 e. The van der Waals surface area contributed by atoms with Crippen LogP contribution in [-0.4, -0.2) is 19.1 Å². The second-order valence-corrected chi connectivity index (χ2v) is 4.25. The van der Waals surface area contributed by atoms with E-state index < -0.39 is 0 Å². The summed E-state index contributed by atoms with van der Waals surface area (Å²) in [6.07, 6.45) is 1.83. The maximum atomic E-state index is 6.13. The molecule has 1 rings (SSSR count). The molecule has 1 aromatic carbocycles. The van der Waals surface area contributed by atoms with E-state index in [0.29, 0.717) is 6.61 Å². The normalized spacial score (nSPS) is 12.2. The van der Waals surface area contributed by atoms with Crippen LogP contribution < -0.4 is 9.47 Å². The number of halogens is 1. The zero-order valence-electron chi connectivity index (χ0n) is 10.1. The fourth-order valence-corrected chi connectivity index (χ4v) is 1.69. The lowest BCUT2D eigenvalue weighted by atomic mass is 10.1. The van der Waals surface area contributed by atoms with Crippen LogP contribution in [0.1, 0.15) is 25.8 Å². The number of methoxy groups -OCH3 is 1. The van der Waals surface area contributed by atoms with Crippen molar-refractivity contribution in [2.24, 2.45) is 0 Å². The Hall–Kier alpha value is -0.890. The highest BCUT2D eigenvalue weighted by Crippen LogP contribution is 2.29. The van der Waals surface area contributed by atoms with Crippen LogP contribution in [0.15, 0.2) is 18.2 Å². The van der Waals surface area contributed by atoms with Crippen molar-refractivity contribution in [2.45, 2.75) is 32.1 Å².